The summed E-state index contributed by atoms with van der Waals surface area (Å²) < 4.78 is 1.51. The molecule has 110 valence electrons. The molecule has 0 amide bonds. The van der Waals surface area contributed by atoms with Crippen molar-refractivity contribution in [1.29, 1.82) is 0 Å². The van der Waals surface area contributed by atoms with Gasteiger partial charge in [-0.25, -0.2) is 4.98 Å². The number of aromatic nitrogens is 6. The van der Waals surface area contributed by atoms with Gasteiger partial charge in [0.25, 0.3) is 5.56 Å². The van der Waals surface area contributed by atoms with E-state index in [1.807, 2.05) is 26.0 Å². The van der Waals surface area contributed by atoms with Gasteiger partial charge in [-0.15, -0.1) is 22.6 Å². The Morgan fingerprint density at radius 1 is 1.33 bits per heavy atom. The van der Waals surface area contributed by atoms with E-state index >= 15 is 0 Å². The molecular formula is C13H15ClN6O. The normalized spacial score (nSPS) is 10.6. The van der Waals surface area contributed by atoms with E-state index in [9.17, 15) is 4.79 Å². The number of halogens is 1. The van der Waals surface area contributed by atoms with Crippen molar-refractivity contribution in [2.24, 2.45) is 0 Å². The minimum absolute atomic E-state index is 0. The highest BCUT2D eigenvalue weighted by Gasteiger charge is 2.13. The van der Waals surface area contributed by atoms with E-state index in [-0.39, 0.29) is 18.0 Å². The Morgan fingerprint density at radius 3 is 2.90 bits per heavy atom. The first-order valence-electron chi connectivity index (χ1n) is 6.46. The molecule has 0 aromatic carbocycles. The van der Waals surface area contributed by atoms with Gasteiger partial charge in [-0.2, -0.15) is 4.80 Å². The van der Waals surface area contributed by atoms with E-state index in [1.54, 1.807) is 6.20 Å². The lowest BCUT2D eigenvalue weighted by Gasteiger charge is -2.03. The molecule has 0 unspecified atom stereocenters. The summed E-state index contributed by atoms with van der Waals surface area (Å²) in [6.07, 6.45) is 4.11. The average Bonchev–Trinajstić information content (AvgIpc) is 2.89. The van der Waals surface area contributed by atoms with Crippen LogP contribution in [0.4, 0.5) is 0 Å². The number of nitrogens with zero attached hydrogens (tertiary/aromatic N) is 6. The SMILES string of the molecule is CCCn1nnc(-c2cnc3c(C)cccn3c2=O)n1.Cl. The highest BCUT2D eigenvalue weighted by molar-refractivity contribution is 5.85. The van der Waals surface area contributed by atoms with Gasteiger partial charge in [-0.3, -0.25) is 9.20 Å². The third-order valence-electron chi connectivity index (χ3n) is 3.04. The Morgan fingerprint density at radius 2 is 2.14 bits per heavy atom. The van der Waals surface area contributed by atoms with Crippen molar-refractivity contribution in [3.8, 4) is 11.4 Å². The third kappa shape index (κ3) is 2.64. The molecule has 7 nitrogen and oxygen atoms in total. The van der Waals surface area contributed by atoms with Crippen molar-refractivity contribution in [1.82, 2.24) is 29.6 Å². The smallest absolute Gasteiger partial charge is 0.268 e. The molecule has 3 rings (SSSR count). The van der Waals surface area contributed by atoms with Crippen LogP contribution in [0.3, 0.4) is 0 Å². The van der Waals surface area contributed by atoms with Gasteiger partial charge >= 0.3 is 0 Å². The summed E-state index contributed by atoms with van der Waals surface area (Å²) in [5.74, 6) is 0.312. The molecule has 3 heterocycles. The zero-order valence-electron chi connectivity index (χ0n) is 11.7. The van der Waals surface area contributed by atoms with E-state index in [0.29, 0.717) is 23.6 Å². The van der Waals surface area contributed by atoms with Gasteiger partial charge < -0.3 is 0 Å². The zero-order chi connectivity index (χ0) is 14.1. The van der Waals surface area contributed by atoms with E-state index in [0.717, 1.165) is 12.0 Å². The van der Waals surface area contributed by atoms with Gasteiger partial charge in [-0.1, -0.05) is 13.0 Å². The van der Waals surface area contributed by atoms with Crippen molar-refractivity contribution in [2.75, 3.05) is 0 Å². The monoisotopic (exact) mass is 306 g/mol. The maximum absolute atomic E-state index is 12.5. The van der Waals surface area contributed by atoms with Crippen LogP contribution in [0.5, 0.6) is 0 Å². The van der Waals surface area contributed by atoms with Crippen LogP contribution in [0.15, 0.2) is 29.3 Å². The summed E-state index contributed by atoms with van der Waals surface area (Å²) in [6, 6.07) is 3.73. The fraction of sp³-hybridized carbons (Fsp3) is 0.308. The Bertz CT molecular complexity index is 825. The number of pyridine rings is 1. The quantitative estimate of drug-likeness (QED) is 0.732. The van der Waals surface area contributed by atoms with Crippen molar-refractivity contribution in [3.63, 3.8) is 0 Å². The number of hydrogen-bond donors (Lipinski definition) is 0. The molecule has 0 atom stereocenters. The number of hydrogen-bond acceptors (Lipinski definition) is 5. The van der Waals surface area contributed by atoms with Gasteiger partial charge in [0.2, 0.25) is 5.82 Å². The summed E-state index contributed by atoms with van der Waals surface area (Å²) in [5, 5.41) is 12.0. The summed E-state index contributed by atoms with van der Waals surface area (Å²) in [5.41, 5.74) is 1.76. The topological polar surface area (TPSA) is 78.0 Å². The van der Waals surface area contributed by atoms with Crippen molar-refractivity contribution >= 4 is 18.1 Å². The summed E-state index contributed by atoms with van der Waals surface area (Å²) in [4.78, 5) is 18.3. The Hall–Kier alpha value is -2.28. The highest BCUT2D eigenvalue weighted by Crippen LogP contribution is 2.10. The van der Waals surface area contributed by atoms with Crippen molar-refractivity contribution < 1.29 is 0 Å². The van der Waals surface area contributed by atoms with Crippen LogP contribution in [0, 0.1) is 6.92 Å². The first-order valence-corrected chi connectivity index (χ1v) is 6.46. The molecule has 0 bridgehead atoms. The minimum Gasteiger partial charge on any atom is -0.268 e. The van der Waals surface area contributed by atoms with Crippen LogP contribution in [0.1, 0.15) is 18.9 Å². The summed E-state index contributed by atoms with van der Waals surface area (Å²) in [7, 11) is 0. The van der Waals surface area contributed by atoms with E-state index < -0.39 is 0 Å². The average molecular weight is 307 g/mol. The number of tetrazole rings is 1. The lowest BCUT2D eigenvalue weighted by atomic mass is 10.2. The first-order chi connectivity index (χ1) is 9.70. The Balaban J connectivity index is 0.00000161. The molecule has 0 aliphatic rings. The predicted octanol–water partition coefficient (Wildman–Crippen LogP) is 1.49. The molecule has 3 aromatic heterocycles. The van der Waals surface area contributed by atoms with Gasteiger partial charge in [0.15, 0.2) is 0 Å². The van der Waals surface area contributed by atoms with Gasteiger partial charge in [0, 0.05) is 12.4 Å². The molecule has 8 heteroatoms. The maximum Gasteiger partial charge on any atom is 0.269 e. The predicted molar refractivity (Wildman–Crippen MR) is 80.5 cm³/mol. The molecule has 21 heavy (non-hydrogen) atoms. The number of rotatable bonds is 3. The highest BCUT2D eigenvalue weighted by atomic mass is 35.5. The largest absolute Gasteiger partial charge is 0.269 e. The van der Waals surface area contributed by atoms with Gasteiger partial charge in [-0.05, 0) is 30.2 Å². The Kier molecular flexibility index (Phi) is 4.32. The minimum atomic E-state index is -0.185. The standard InChI is InChI=1S/C13H14N6O.ClH/c1-3-6-19-16-11(15-17-19)10-8-14-12-9(2)5-4-7-18(12)13(10)20;/h4-5,7-8H,3,6H2,1-2H3;1H. The third-order valence-corrected chi connectivity index (χ3v) is 3.04. The molecule has 0 radical (unpaired) electrons. The van der Waals surface area contributed by atoms with Crippen LogP contribution in [0.25, 0.3) is 17.0 Å². The number of aryl methyl sites for hydroxylation is 2. The lowest BCUT2D eigenvalue weighted by molar-refractivity contribution is 0.515. The van der Waals surface area contributed by atoms with Crippen LogP contribution in [-0.2, 0) is 6.54 Å². The summed E-state index contributed by atoms with van der Waals surface area (Å²) in [6.45, 7) is 4.62. The van der Waals surface area contributed by atoms with Crippen molar-refractivity contribution in [3.05, 3.63) is 40.4 Å². The maximum atomic E-state index is 12.5. The number of fused-ring (bicyclic) bond motifs is 1. The molecule has 0 saturated heterocycles. The second kappa shape index (κ2) is 6.01. The zero-order valence-corrected chi connectivity index (χ0v) is 12.5. The van der Waals surface area contributed by atoms with E-state index in [4.69, 9.17) is 0 Å². The molecule has 3 aromatic rings. The lowest BCUT2D eigenvalue weighted by Crippen LogP contribution is -2.17. The second-order valence-corrected chi connectivity index (χ2v) is 4.57. The second-order valence-electron chi connectivity index (χ2n) is 4.57. The molecule has 0 aliphatic heterocycles. The fourth-order valence-corrected chi connectivity index (χ4v) is 2.05. The summed E-state index contributed by atoms with van der Waals surface area (Å²) >= 11 is 0. The van der Waals surface area contributed by atoms with Gasteiger partial charge in [0.05, 0.1) is 6.54 Å². The van der Waals surface area contributed by atoms with Crippen LogP contribution in [-0.4, -0.2) is 29.6 Å². The van der Waals surface area contributed by atoms with Crippen molar-refractivity contribution in [2.45, 2.75) is 26.8 Å². The molecule has 0 saturated carbocycles. The molecule has 0 aliphatic carbocycles. The first kappa shape index (κ1) is 15.1. The molecular weight excluding hydrogens is 292 g/mol. The fourth-order valence-electron chi connectivity index (χ4n) is 2.05. The van der Waals surface area contributed by atoms with E-state index in [1.165, 1.54) is 15.4 Å². The van der Waals surface area contributed by atoms with Gasteiger partial charge in [0.1, 0.15) is 11.2 Å². The Labute approximate surface area is 127 Å². The molecule has 0 N–H and O–H groups in total. The van der Waals surface area contributed by atoms with Crippen LogP contribution in [0.2, 0.25) is 0 Å². The van der Waals surface area contributed by atoms with E-state index in [2.05, 4.69) is 20.4 Å². The van der Waals surface area contributed by atoms with Crippen LogP contribution < -0.4 is 5.56 Å². The molecule has 0 spiro atoms. The van der Waals surface area contributed by atoms with Crippen LogP contribution >= 0.6 is 12.4 Å². The molecule has 0 fully saturated rings.